The summed E-state index contributed by atoms with van der Waals surface area (Å²) < 4.78 is 8.06. The first-order chi connectivity index (χ1) is 12.3. The number of halogens is 2. The minimum Gasteiger partial charge on any atom is -0.489 e. The van der Waals surface area contributed by atoms with Crippen molar-refractivity contribution in [3.05, 3.63) is 83.4 Å². The van der Waals surface area contributed by atoms with Crippen molar-refractivity contribution in [1.82, 2.24) is 14.9 Å². The Morgan fingerprint density at radius 1 is 1.12 bits per heavy atom. The number of nitrogens with zero attached hydrogens (tertiary/aromatic N) is 2. The van der Waals surface area contributed by atoms with Crippen LogP contribution >= 0.6 is 24.0 Å². The van der Waals surface area contributed by atoms with E-state index in [0.717, 1.165) is 48.0 Å². The quantitative estimate of drug-likeness (QED) is 0.536. The van der Waals surface area contributed by atoms with Crippen LogP contribution in [0.2, 0.25) is 5.02 Å². The number of rotatable bonds is 9. The van der Waals surface area contributed by atoms with Crippen LogP contribution in [0.5, 0.6) is 5.75 Å². The topological polar surface area (TPSA) is 39.1 Å². The second-order valence-corrected chi connectivity index (χ2v) is 6.29. The summed E-state index contributed by atoms with van der Waals surface area (Å²) >= 11 is 6.15. The number of ether oxygens (including phenoxy) is 1. The van der Waals surface area contributed by atoms with Crippen LogP contribution in [-0.4, -0.2) is 16.1 Å². The predicted octanol–water partition coefficient (Wildman–Crippen LogP) is 4.72. The molecule has 0 unspecified atom stereocenters. The molecule has 0 bridgehead atoms. The van der Waals surface area contributed by atoms with Gasteiger partial charge in [-0.2, -0.15) is 0 Å². The Hall–Kier alpha value is -2.01. The third kappa shape index (κ3) is 6.37. The van der Waals surface area contributed by atoms with E-state index in [-0.39, 0.29) is 12.4 Å². The molecule has 2 aromatic carbocycles. The lowest BCUT2D eigenvalue weighted by molar-refractivity contribution is 0.302. The lowest BCUT2D eigenvalue weighted by atomic mass is 10.2. The van der Waals surface area contributed by atoms with Crippen molar-refractivity contribution in [3.8, 4) is 5.75 Å². The lowest BCUT2D eigenvalue weighted by Gasteiger charge is -2.13. The maximum absolute atomic E-state index is 6.15. The van der Waals surface area contributed by atoms with Gasteiger partial charge in [0.1, 0.15) is 12.4 Å². The van der Waals surface area contributed by atoms with Crippen LogP contribution < -0.4 is 10.1 Å². The largest absolute Gasteiger partial charge is 0.489 e. The van der Waals surface area contributed by atoms with Crippen LogP contribution in [0.4, 0.5) is 0 Å². The molecule has 0 aliphatic heterocycles. The molecule has 0 aliphatic carbocycles. The molecule has 0 amide bonds. The third-order valence-corrected chi connectivity index (χ3v) is 4.14. The van der Waals surface area contributed by atoms with E-state index in [0.29, 0.717) is 6.61 Å². The molecule has 0 atom stereocenters. The summed E-state index contributed by atoms with van der Waals surface area (Å²) in [4.78, 5) is 4.05. The first-order valence-corrected chi connectivity index (χ1v) is 8.81. The van der Waals surface area contributed by atoms with Crippen molar-refractivity contribution in [2.45, 2.75) is 26.1 Å². The number of aromatic nitrogens is 2. The Kier molecular flexibility index (Phi) is 8.48. The van der Waals surface area contributed by atoms with Crippen molar-refractivity contribution in [3.63, 3.8) is 0 Å². The van der Waals surface area contributed by atoms with E-state index < -0.39 is 0 Å². The van der Waals surface area contributed by atoms with Crippen LogP contribution in [0.15, 0.2) is 67.3 Å². The highest BCUT2D eigenvalue weighted by Crippen LogP contribution is 2.23. The summed E-state index contributed by atoms with van der Waals surface area (Å²) in [5.74, 6) is 0.871. The Bertz CT molecular complexity index is 764. The van der Waals surface area contributed by atoms with Gasteiger partial charge in [-0.25, -0.2) is 4.98 Å². The first-order valence-electron chi connectivity index (χ1n) is 8.43. The zero-order valence-corrected chi connectivity index (χ0v) is 16.0. The minimum absolute atomic E-state index is 0. The average molecular weight is 392 g/mol. The van der Waals surface area contributed by atoms with Crippen molar-refractivity contribution < 1.29 is 4.74 Å². The molecule has 0 fully saturated rings. The predicted molar refractivity (Wildman–Crippen MR) is 108 cm³/mol. The molecule has 0 saturated carbocycles. The standard InChI is InChI=1S/C20H22ClN3O.ClH/c21-19-7-8-20(25-15-17-5-2-1-3-6-17)18(13-19)14-22-9-4-11-24-12-10-23-16-24;/h1-3,5-8,10,12-13,16,22H,4,9,11,14-15H2;1H. The van der Waals surface area contributed by atoms with Gasteiger partial charge in [0.2, 0.25) is 0 Å². The molecule has 3 aromatic rings. The van der Waals surface area contributed by atoms with E-state index in [9.17, 15) is 0 Å². The maximum atomic E-state index is 6.15. The Morgan fingerprint density at radius 3 is 2.73 bits per heavy atom. The zero-order chi connectivity index (χ0) is 17.3. The number of aryl methyl sites for hydroxylation is 1. The molecule has 26 heavy (non-hydrogen) atoms. The van der Waals surface area contributed by atoms with Crippen LogP contribution in [0.1, 0.15) is 17.5 Å². The Labute approximate surface area is 165 Å². The SMILES string of the molecule is Cl.Clc1ccc(OCc2ccccc2)c(CNCCCn2ccnc2)c1. The number of hydrogen-bond donors (Lipinski definition) is 1. The van der Waals surface area contributed by atoms with Crippen molar-refractivity contribution in [2.24, 2.45) is 0 Å². The van der Waals surface area contributed by atoms with Gasteiger partial charge in [-0.05, 0) is 36.7 Å². The summed E-state index contributed by atoms with van der Waals surface area (Å²) in [6.45, 7) is 3.16. The molecule has 1 heterocycles. The smallest absolute Gasteiger partial charge is 0.124 e. The summed E-state index contributed by atoms with van der Waals surface area (Å²) in [5.41, 5.74) is 2.22. The molecule has 1 aromatic heterocycles. The van der Waals surface area contributed by atoms with Crippen LogP contribution in [0.25, 0.3) is 0 Å². The first kappa shape index (κ1) is 20.3. The Morgan fingerprint density at radius 2 is 1.96 bits per heavy atom. The molecular formula is C20H23Cl2N3O. The fourth-order valence-electron chi connectivity index (χ4n) is 2.59. The normalized spacial score (nSPS) is 10.3. The maximum Gasteiger partial charge on any atom is 0.124 e. The molecule has 0 aliphatic rings. The van der Waals surface area contributed by atoms with Gasteiger partial charge in [-0.3, -0.25) is 0 Å². The van der Waals surface area contributed by atoms with E-state index in [4.69, 9.17) is 16.3 Å². The average Bonchev–Trinajstić information content (AvgIpc) is 3.15. The zero-order valence-electron chi connectivity index (χ0n) is 14.5. The highest BCUT2D eigenvalue weighted by atomic mass is 35.5. The molecule has 0 saturated heterocycles. The molecule has 6 heteroatoms. The molecule has 138 valence electrons. The summed E-state index contributed by atoms with van der Waals surface area (Å²) in [7, 11) is 0. The number of imidazole rings is 1. The van der Waals surface area contributed by atoms with E-state index in [1.54, 1.807) is 6.20 Å². The van der Waals surface area contributed by atoms with Crippen molar-refractivity contribution >= 4 is 24.0 Å². The third-order valence-electron chi connectivity index (χ3n) is 3.90. The summed E-state index contributed by atoms with van der Waals surface area (Å²) in [6.07, 6.45) is 6.66. The summed E-state index contributed by atoms with van der Waals surface area (Å²) in [5, 5.41) is 4.18. The second-order valence-electron chi connectivity index (χ2n) is 5.86. The summed E-state index contributed by atoms with van der Waals surface area (Å²) in [6, 6.07) is 15.9. The van der Waals surface area contributed by atoms with Gasteiger partial charge in [0.15, 0.2) is 0 Å². The lowest BCUT2D eigenvalue weighted by Crippen LogP contribution is -2.17. The second kappa shape index (κ2) is 10.9. The highest BCUT2D eigenvalue weighted by molar-refractivity contribution is 6.30. The number of nitrogens with one attached hydrogen (secondary N) is 1. The van der Waals surface area contributed by atoms with Crippen LogP contribution in [0.3, 0.4) is 0 Å². The monoisotopic (exact) mass is 391 g/mol. The molecule has 0 radical (unpaired) electrons. The number of benzene rings is 2. The van der Waals surface area contributed by atoms with E-state index >= 15 is 0 Å². The fourth-order valence-corrected chi connectivity index (χ4v) is 2.79. The molecule has 4 nitrogen and oxygen atoms in total. The van der Waals surface area contributed by atoms with Gasteiger partial charge in [-0.15, -0.1) is 12.4 Å². The van der Waals surface area contributed by atoms with Crippen molar-refractivity contribution in [1.29, 1.82) is 0 Å². The Balaban J connectivity index is 0.00000243. The van der Waals surface area contributed by atoms with Gasteiger partial charge in [0.25, 0.3) is 0 Å². The minimum atomic E-state index is 0. The van der Waals surface area contributed by atoms with E-state index in [1.165, 1.54) is 0 Å². The molecule has 3 rings (SSSR count). The van der Waals surface area contributed by atoms with Gasteiger partial charge in [0, 0.05) is 36.1 Å². The number of hydrogen-bond acceptors (Lipinski definition) is 3. The fraction of sp³-hybridized carbons (Fsp3) is 0.250. The van der Waals surface area contributed by atoms with E-state index in [1.807, 2.05) is 48.9 Å². The van der Waals surface area contributed by atoms with Crippen LogP contribution in [0, 0.1) is 0 Å². The van der Waals surface area contributed by atoms with Gasteiger partial charge in [-0.1, -0.05) is 41.9 Å². The van der Waals surface area contributed by atoms with Gasteiger partial charge < -0.3 is 14.6 Å². The molecular weight excluding hydrogens is 369 g/mol. The molecule has 1 N–H and O–H groups in total. The van der Waals surface area contributed by atoms with Gasteiger partial charge >= 0.3 is 0 Å². The van der Waals surface area contributed by atoms with Crippen LogP contribution in [-0.2, 0) is 19.7 Å². The van der Waals surface area contributed by atoms with E-state index in [2.05, 4.69) is 27.0 Å². The molecule has 0 spiro atoms. The van der Waals surface area contributed by atoms with Crippen molar-refractivity contribution in [2.75, 3.05) is 6.54 Å². The van der Waals surface area contributed by atoms with Gasteiger partial charge in [0.05, 0.1) is 6.33 Å². The highest BCUT2D eigenvalue weighted by Gasteiger charge is 2.05.